The summed E-state index contributed by atoms with van der Waals surface area (Å²) in [6, 6.07) is 25.8. The Morgan fingerprint density at radius 1 is 0.821 bits per heavy atom. The monoisotopic (exact) mass is 364 g/mol. The molecular formula is C23H16N4O. The van der Waals surface area contributed by atoms with E-state index in [1.165, 1.54) is 0 Å². The number of hydrogen-bond acceptors (Lipinski definition) is 4. The molecule has 5 heteroatoms. The van der Waals surface area contributed by atoms with E-state index in [9.17, 15) is 4.79 Å². The lowest BCUT2D eigenvalue weighted by atomic mass is 9.97. The maximum absolute atomic E-state index is 12.2. The Morgan fingerprint density at radius 2 is 1.43 bits per heavy atom. The van der Waals surface area contributed by atoms with E-state index in [4.69, 9.17) is 0 Å². The van der Waals surface area contributed by atoms with E-state index < -0.39 is 0 Å². The number of benzene rings is 4. The molecular weight excluding hydrogens is 348 g/mol. The van der Waals surface area contributed by atoms with Gasteiger partial charge in [-0.25, -0.2) is 10.4 Å². The first-order chi connectivity index (χ1) is 13.8. The summed E-state index contributed by atoms with van der Waals surface area (Å²) in [5.41, 5.74) is 4.31. The Morgan fingerprint density at radius 3 is 2.14 bits per heavy atom. The molecule has 5 aromatic rings. The molecule has 0 fully saturated rings. The molecule has 0 atom stereocenters. The van der Waals surface area contributed by atoms with Crippen molar-refractivity contribution in [2.45, 2.75) is 0 Å². The van der Waals surface area contributed by atoms with Crippen LogP contribution in [0.25, 0.3) is 32.4 Å². The van der Waals surface area contributed by atoms with Crippen LogP contribution in [0.2, 0.25) is 0 Å². The van der Waals surface area contributed by atoms with Crippen molar-refractivity contribution in [1.29, 1.82) is 0 Å². The maximum Gasteiger partial charge on any atom is 0.260 e. The van der Waals surface area contributed by atoms with Gasteiger partial charge in [-0.15, -0.1) is 0 Å². The number of anilines is 1. The minimum absolute atomic E-state index is 0.195. The molecule has 0 aliphatic carbocycles. The lowest BCUT2D eigenvalue weighted by Gasteiger charge is -2.08. The number of hydrazone groups is 1. The van der Waals surface area contributed by atoms with Gasteiger partial charge in [-0.2, -0.15) is 5.10 Å². The van der Waals surface area contributed by atoms with Crippen LogP contribution in [-0.4, -0.2) is 16.2 Å². The summed E-state index contributed by atoms with van der Waals surface area (Å²) in [5.74, 6) is 0.310. The van der Waals surface area contributed by atoms with Crippen molar-refractivity contribution in [1.82, 2.24) is 9.97 Å². The average Bonchev–Trinajstić information content (AvgIpc) is 2.73. The van der Waals surface area contributed by atoms with E-state index in [1.54, 1.807) is 18.3 Å². The third-order valence-corrected chi connectivity index (χ3v) is 4.79. The number of para-hydroxylation sites is 1. The van der Waals surface area contributed by atoms with Crippen LogP contribution in [0.5, 0.6) is 0 Å². The molecule has 5 rings (SSSR count). The van der Waals surface area contributed by atoms with Crippen LogP contribution < -0.4 is 11.0 Å². The second kappa shape index (κ2) is 6.63. The minimum atomic E-state index is -0.195. The van der Waals surface area contributed by atoms with Crippen LogP contribution >= 0.6 is 0 Å². The van der Waals surface area contributed by atoms with E-state index in [1.807, 2.05) is 36.4 Å². The Hall–Kier alpha value is -3.99. The maximum atomic E-state index is 12.2. The molecule has 1 aromatic heterocycles. The second-order valence-electron chi connectivity index (χ2n) is 6.53. The highest BCUT2D eigenvalue weighted by molar-refractivity contribution is 6.13. The van der Waals surface area contributed by atoms with Gasteiger partial charge in [0.2, 0.25) is 5.95 Å². The molecule has 0 saturated heterocycles. The first-order valence-electron chi connectivity index (χ1n) is 8.98. The molecule has 0 saturated carbocycles. The number of fused-ring (bicyclic) bond motifs is 3. The van der Waals surface area contributed by atoms with Gasteiger partial charge in [-0.05, 0) is 39.7 Å². The van der Waals surface area contributed by atoms with Crippen molar-refractivity contribution < 1.29 is 0 Å². The van der Waals surface area contributed by atoms with Crippen LogP contribution in [0.3, 0.4) is 0 Å². The van der Waals surface area contributed by atoms with Gasteiger partial charge in [0.05, 0.1) is 17.1 Å². The highest BCUT2D eigenvalue weighted by atomic mass is 16.1. The van der Waals surface area contributed by atoms with Crippen molar-refractivity contribution in [3.05, 3.63) is 94.8 Å². The van der Waals surface area contributed by atoms with Gasteiger partial charge in [-0.1, -0.05) is 60.7 Å². The fraction of sp³-hybridized carbons (Fsp3) is 0. The first kappa shape index (κ1) is 16.2. The molecule has 2 N–H and O–H groups in total. The van der Waals surface area contributed by atoms with Gasteiger partial charge in [0.1, 0.15) is 0 Å². The van der Waals surface area contributed by atoms with Crippen LogP contribution in [-0.2, 0) is 0 Å². The average molecular weight is 364 g/mol. The van der Waals surface area contributed by atoms with Gasteiger partial charge in [0.25, 0.3) is 5.56 Å². The Kier molecular flexibility index (Phi) is 3.84. The van der Waals surface area contributed by atoms with Gasteiger partial charge < -0.3 is 0 Å². The van der Waals surface area contributed by atoms with Crippen molar-refractivity contribution in [3.63, 3.8) is 0 Å². The zero-order chi connectivity index (χ0) is 18.9. The summed E-state index contributed by atoms with van der Waals surface area (Å²) in [5, 5.41) is 9.45. The van der Waals surface area contributed by atoms with E-state index in [0.717, 1.165) is 27.1 Å². The Balaban J connectivity index is 1.58. The second-order valence-corrected chi connectivity index (χ2v) is 6.53. The standard InChI is InChI=1S/C23H16N4O/c28-22-19-11-5-6-12-21(19)25-23(26-22)27-24-14-20-17-9-3-1-7-15(17)13-16-8-2-4-10-18(16)20/h1-14H,(H2,25,26,27,28)/b24-14-. The molecule has 0 bridgehead atoms. The number of nitrogens with one attached hydrogen (secondary N) is 2. The highest BCUT2D eigenvalue weighted by Gasteiger charge is 2.06. The van der Waals surface area contributed by atoms with Crippen LogP contribution in [0, 0.1) is 0 Å². The Labute approximate surface area is 160 Å². The van der Waals surface area contributed by atoms with Gasteiger partial charge in [-0.3, -0.25) is 9.78 Å². The molecule has 1 heterocycles. The smallest absolute Gasteiger partial charge is 0.260 e. The van der Waals surface area contributed by atoms with Crippen molar-refractivity contribution in [3.8, 4) is 0 Å². The van der Waals surface area contributed by atoms with Crippen molar-refractivity contribution in [2.24, 2.45) is 5.10 Å². The van der Waals surface area contributed by atoms with Crippen LogP contribution in [0.15, 0.2) is 88.8 Å². The minimum Gasteiger partial charge on any atom is -0.291 e. The quantitative estimate of drug-likeness (QED) is 0.277. The molecule has 0 aliphatic heterocycles. The Bertz CT molecular complexity index is 1370. The number of nitrogens with zero attached hydrogens (tertiary/aromatic N) is 2. The third kappa shape index (κ3) is 2.79. The van der Waals surface area contributed by atoms with E-state index >= 15 is 0 Å². The zero-order valence-electron chi connectivity index (χ0n) is 14.9. The highest BCUT2D eigenvalue weighted by Crippen LogP contribution is 2.27. The number of aromatic amines is 1. The summed E-state index contributed by atoms with van der Waals surface area (Å²) in [6.45, 7) is 0. The van der Waals surface area contributed by atoms with Gasteiger partial charge in [0.15, 0.2) is 0 Å². The summed E-state index contributed by atoms with van der Waals surface area (Å²) >= 11 is 0. The van der Waals surface area contributed by atoms with Gasteiger partial charge in [0, 0.05) is 5.56 Å². The predicted octanol–water partition coefficient (Wildman–Crippen LogP) is 4.68. The molecule has 0 amide bonds. The van der Waals surface area contributed by atoms with E-state index in [0.29, 0.717) is 16.9 Å². The lowest BCUT2D eigenvalue weighted by molar-refractivity contribution is 1.12. The van der Waals surface area contributed by atoms with E-state index in [2.05, 4.69) is 50.8 Å². The predicted molar refractivity (Wildman–Crippen MR) is 115 cm³/mol. The van der Waals surface area contributed by atoms with E-state index in [-0.39, 0.29) is 5.56 Å². The first-order valence-corrected chi connectivity index (χ1v) is 8.98. The fourth-order valence-electron chi connectivity index (χ4n) is 3.49. The lowest BCUT2D eigenvalue weighted by Crippen LogP contribution is -2.11. The van der Waals surface area contributed by atoms with Gasteiger partial charge >= 0.3 is 0 Å². The SMILES string of the molecule is O=c1[nH]c(N/N=C\c2c3ccccc3cc3ccccc23)nc2ccccc12. The van der Waals surface area contributed by atoms with Crippen molar-refractivity contribution in [2.75, 3.05) is 5.43 Å². The summed E-state index contributed by atoms with van der Waals surface area (Å²) < 4.78 is 0. The summed E-state index contributed by atoms with van der Waals surface area (Å²) in [6.07, 6.45) is 1.78. The fourth-order valence-corrected chi connectivity index (χ4v) is 3.49. The molecule has 0 aliphatic rings. The summed E-state index contributed by atoms with van der Waals surface area (Å²) in [7, 11) is 0. The number of H-pyrrole nitrogens is 1. The summed E-state index contributed by atoms with van der Waals surface area (Å²) in [4.78, 5) is 19.3. The zero-order valence-corrected chi connectivity index (χ0v) is 14.9. The molecule has 0 radical (unpaired) electrons. The van der Waals surface area contributed by atoms with Crippen molar-refractivity contribution >= 4 is 44.6 Å². The number of hydrogen-bond donors (Lipinski definition) is 2. The molecule has 4 aromatic carbocycles. The third-order valence-electron chi connectivity index (χ3n) is 4.79. The largest absolute Gasteiger partial charge is 0.291 e. The molecule has 28 heavy (non-hydrogen) atoms. The molecule has 134 valence electrons. The number of rotatable bonds is 3. The van der Waals surface area contributed by atoms with Crippen LogP contribution in [0.4, 0.5) is 5.95 Å². The molecule has 0 spiro atoms. The topological polar surface area (TPSA) is 70.1 Å². The molecule has 5 nitrogen and oxygen atoms in total. The normalized spacial score (nSPS) is 11.6. The van der Waals surface area contributed by atoms with Crippen LogP contribution in [0.1, 0.15) is 5.56 Å². The number of aromatic nitrogens is 2. The molecule has 0 unspecified atom stereocenters.